The quantitative estimate of drug-likeness (QED) is 0.624. The topological polar surface area (TPSA) is 30.3 Å². The van der Waals surface area contributed by atoms with Gasteiger partial charge in [-0.2, -0.15) is 5.06 Å². The summed E-state index contributed by atoms with van der Waals surface area (Å²) in [6.45, 7) is 0.731. The van der Waals surface area contributed by atoms with Crippen LogP contribution in [0.3, 0.4) is 0 Å². The first-order valence-electron chi connectivity index (χ1n) is 8.45. The van der Waals surface area contributed by atoms with Crippen molar-refractivity contribution in [2.75, 3.05) is 7.05 Å². The first-order chi connectivity index (χ1) is 12.6. The molecule has 2 aromatic carbocycles. The van der Waals surface area contributed by atoms with Crippen molar-refractivity contribution in [1.82, 2.24) is 14.6 Å². The molecule has 2 unspecified atom stereocenters. The second kappa shape index (κ2) is 7.05. The van der Waals surface area contributed by atoms with E-state index in [0.717, 1.165) is 34.1 Å². The third kappa shape index (κ3) is 3.26. The summed E-state index contributed by atoms with van der Waals surface area (Å²) < 4.78 is 2.08. The number of hydrogen-bond donors (Lipinski definition) is 0. The fraction of sp³-hybridized carbons (Fsp3) is 0.250. The summed E-state index contributed by atoms with van der Waals surface area (Å²) >= 11 is 12.1. The summed E-state index contributed by atoms with van der Waals surface area (Å²) in [5.74, 6) is 0. The molecule has 2 heterocycles. The molecule has 2 atom stereocenters. The van der Waals surface area contributed by atoms with Gasteiger partial charge in [0.2, 0.25) is 0 Å². The van der Waals surface area contributed by atoms with Crippen molar-refractivity contribution in [3.63, 3.8) is 0 Å². The molecule has 0 bridgehead atoms. The molecule has 0 spiro atoms. The van der Waals surface area contributed by atoms with E-state index in [1.807, 2.05) is 61.0 Å². The second-order valence-electron chi connectivity index (χ2n) is 6.62. The third-order valence-electron chi connectivity index (χ3n) is 5.04. The van der Waals surface area contributed by atoms with Crippen molar-refractivity contribution < 1.29 is 4.84 Å². The first kappa shape index (κ1) is 17.6. The van der Waals surface area contributed by atoms with E-state index in [0.29, 0.717) is 0 Å². The third-order valence-corrected chi connectivity index (χ3v) is 5.54. The Morgan fingerprint density at radius 2 is 1.73 bits per heavy atom. The molecule has 1 aromatic heterocycles. The van der Waals surface area contributed by atoms with Gasteiger partial charge in [0.15, 0.2) is 0 Å². The van der Waals surface area contributed by atoms with Gasteiger partial charge in [-0.3, -0.25) is 4.84 Å². The van der Waals surface area contributed by atoms with Crippen LogP contribution in [0.2, 0.25) is 10.0 Å². The molecular formula is C20H19Cl2N3O. The van der Waals surface area contributed by atoms with Crippen LogP contribution in [0.15, 0.2) is 67.3 Å². The average Bonchev–Trinajstić information content (AvgIpc) is 3.25. The lowest BCUT2D eigenvalue weighted by molar-refractivity contribution is -0.176. The van der Waals surface area contributed by atoms with Gasteiger partial charge in [0.1, 0.15) is 6.10 Å². The van der Waals surface area contributed by atoms with Crippen LogP contribution < -0.4 is 0 Å². The predicted molar refractivity (Wildman–Crippen MR) is 103 cm³/mol. The molecule has 1 fully saturated rings. The fourth-order valence-electron chi connectivity index (χ4n) is 3.62. The molecule has 4 nitrogen and oxygen atoms in total. The SMILES string of the molecule is CN1OC(c2ccc(Cl)cc2)CC1(Cn1ccnc1)c1ccc(Cl)cc1. The highest BCUT2D eigenvalue weighted by molar-refractivity contribution is 6.30. The molecule has 0 amide bonds. The van der Waals surface area contributed by atoms with E-state index in [1.54, 1.807) is 6.20 Å². The smallest absolute Gasteiger partial charge is 0.107 e. The average molecular weight is 388 g/mol. The number of nitrogens with zero attached hydrogens (tertiary/aromatic N) is 3. The van der Waals surface area contributed by atoms with E-state index in [4.69, 9.17) is 28.0 Å². The Balaban J connectivity index is 1.72. The van der Waals surface area contributed by atoms with E-state index in [1.165, 1.54) is 0 Å². The summed E-state index contributed by atoms with van der Waals surface area (Å²) in [6.07, 6.45) is 6.37. The molecule has 134 valence electrons. The van der Waals surface area contributed by atoms with Gasteiger partial charge < -0.3 is 4.57 Å². The van der Waals surface area contributed by atoms with Gasteiger partial charge in [-0.1, -0.05) is 47.5 Å². The van der Waals surface area contributed by atoms with Crippen LogP contribution in [-0.2, 0) is 16.9 Å². The van der Waals surface area contributed by atoms with Crippen LogP contribution in [0.1, 0.15) is 23.7 Å². The van der Waals surface area contributed by atoms with Gasteiger partial charge in [0.25, 0.3) is 0 Å². The van der Waals surface area contributed by atoms with Crippen LogP contribution in [0, 0.1) is 0 Å². The maximum atomic E-state index is 6.26. The Morgan fingerprint density at radius 1 is 1.08 bits per heavy atom. The van der Waals surface area contributed by atoms with Gasteiger partial charge in [0, 0.05) is 42.5 Å². The molecule has 1 aliphatic rings. The summed E-state index contributed by atoms with van der Waals surface area (Å²) in [5.41, 5.74) is 1.95. The zero-order valence-electron chi connectivity index (χ0n) is 14.3. The number of rotatable bonds is 4. The highest BCUT2D eigenvalue weighted by Crippen LogP contribution is 2.47. The number of likely N-dealkylation sites (N-methyl/N-ethyl adjacent to an activating group) is 1. The fourth-order valence-corrected chi connectivity index (χ4v) is 3.87. The number of hydrogen-bond acceptors (Lipinski definition) is 3. The Hall–Kier alpha value is -1.85. The highest BCUT2D eigenvalue weighted by Gasteiger charge is 2.47. The molecule has 0 radical (unpaired) electrons. The lowest BCUT2D eigenvalue weighted by Gasteiger charge is -2.34. The molecule has 1 saturated heterocycles. The minimum absolute atomic E-state index is 0.0449. The van der Waals surface area contributed by atoms with Crippen molar-refractivity contribution in [3.05, 3.63) is 88.4 Å². The van der Waals surface area contributed by atoms with E-state index in [2.05, 4.69) is 21.7 Å². The Bertz CT molecular complexity index is 865. The first-order valence-corrected chi connectivity index (χ1v) is 9.20. The minimum atomic E-state index is -0.324. The summed E-state index contributed by atoms with van der Waals surface area (Å²) in [5, 5.41) is 3.42. The largest absolute Gasteiger partial charge is 0.335 e. The maximum absolute atomic E-state index is 6.26. The van der Waals surface area contributed by atoms with Crippen molar-refractivity contribution >= 4 is 23.2 Å². The molecule has 6 heteroatoms. The normalized spacial score (nSPS) is 23.4. The maximum Gasteiger partial charge on any atom is 0.107 e. The number of imidazole rings is 1. The molecule has 0 N–H and O–H groups in total. The van der Waals surface area contributed by atoms with Crippen LogP contribution in [0.4, 0.5) is 0 Å². The van der Waals surface area contributed by atoms with E-state index >= 15 is 0 Å². The second-order valence-corrected chi connectivity index (χ2v) is 7.49. The van der Waals surface area contributed by atoms with E-state index in [9.17, 15) is 0 Å². The molecule has 4 rings (SSSR count). The highest BCUT2D eigenvalue weighted by atomic mass is 35.5. The Morgan fingerprint density at radius 3 is 2.35 bits per heavy atom. The predicted octanol–water partition coefficient (Wildman–Crippen LogP) is 5.09. The molecular weight excluding hydrogens is 369 g/mol. The molecule has 0 aliphatic carbocycles. The van der Waals surface area contributed by atoms with Gasteiger partial charge >= 0.3 is 0 Å². The zero-order chi connectivity index (χ0) is 18.1. The van der Waals surface area contributed by atoms with Crippen molar-refractivity contribution in [3.8, 4) is 0 Å². The molecule has 0 saturated carbocycles. The van der Waals surface area contributed by atoms with Crippen LogP contribution in [0.25, 0.3) is 0 Å². The summed E-state index contributed by atoms with van der Waals surface area (Å²) in [4.78, 5) is 10.4. The van der Waals surface area contributed by atoms with Gasteiger partial charge in [-0.15, -0.1) is 0 Å². The lowest BCUT2D eigenvalue weighted by Crippen LogP contribution is -2.41. The van der Waals surface area contributed by atoms with Crippen molar-refractivity contribution in [2.24, 2.45) is 0 Å². The lowest BCUT2D eigenvalue weighted by atomic mass is 9.83. The minimum Gasteiger partial charge on any atom is -0.335 e. The molecule has 26 heavy (non-hydrogen) atoms. The van der Waals surface area contributed by atoms with Crippen LogP contribution in [0.5, 0.6) is 0 Å². The monoisotopic (exact) mass is 387 g/mol. The number of aromatic nitrogens is 2. The zero-order valence-corrected chi connectivity index (χ0v) is 15.9. The van der Waals surface area contributed by atoms with Crippen LogP contribution in [-0.4, -0.2) is 21.7 Å². The molecule has 3 aromatic rings. The standard InChI is InChI=1S/C20H19Cl2N3O/c1-24-20(13-25-11-10-23-14-25,16-4-8-18(22)9-5-16)12-19(26-24)15-2-6-17(21)7-3-15/h2-11,14,19H,12-13H2,1H3. The number of hydroxylamine groups is 2. The van der Waals surface area contributed by atoms with E-state index < -0.39 is 0 Å². The van der Waals surface area contributed by atoms with Crippen molar-refractivity contribution in [2.45, 2.75) is 24.6 Å². The Labute approximate surface area is 162 Å². The van der Waals surface area contributed by atoms with Gasteiger partial charge in [-0.05, 0) is 35.4 Å². The van der Waals surface area contributed by atoms with Crippen molar-refractivity contribution in [1.29, 1.82) is 0 Å². The van der Waals surface area contributed by atoms with E-state index in [-0.39, 0.29) is 11.6 Å². The molecule has 1 aliphatic heterocycles. The van der Waals surface area contributed by atoms with Crippen LogP contribution >= 0.6 is 23.2 Å². The summed E-state index contributed by atoms with van der Waals surface area (Å²) in [6, 6.07) is 15.8. The Kier molecular flexibility index (Phi) is 4.76. The number of benzene rings is 2. The summed E-state index contributed by atoms with van der Waals surface area (Å²) in [7, 11) is 1.99. The van der Waals surface area contributed by atoms with Gasteiger partial charge in [0.05, 0.1) is 11.9 Å². The van der Waals surface area contributed by atoms with Gasteiger partial charge in [-0.25, -0.2) is 4.98 Å². The number of halogens is 2.